The van der Waals surface area contributed by atoms with Crippen molar-refractivity contribution in [2.24, 2.45) is 5.92 Å². The lowest BCUT2D eigenvalue weighted by Gasteiger charge is -2.18. The number of hydrogen-bond acceptors (Lipinski definition) is 2. The molecule has 1 aliphatic carbocycles. The molecule has 1 amide bonds. The Morgan fingerprint density at radius 2 is 2.21 bits per heavy atom. The standard InChI is InChI=1S/C15H20BrNO2/c1-11-4-3-5-13(14(11)16)15(18)17(2)8-9-19-10-12-6-7-12/h3-5,12H,6-10H2,1-2H3. The van der Waals surface area contributed by atoms with Gasteiger partial charge in [-0.1, -0.05) is 12.1 Å². The molecule has 2 rings (SSSR count). The van der Waals surface area contributed by atoms with Crippen LogP contribution in [0.25, 0.3) is 0 Å². The van der Waals surface area contributed by atoms with Crippen LogP contribution in [0.1, 0.15) is 28.8 Å². The summed E-state index contributed by atoms with van der Waals surface area (Å²) in [6.07, 6.45) is 2.59. The Balaban J connectivity index is 1.84. The fraction of sp³-hybridized carbons (Fsp3) is 0.533. The first-order valence-corrected chi connectivity index (χ1v) is 7.47. The molecule has 0 N–H and O–H groups in total. The van der Waals surface area contributed by atoms with Gasteiger partial charge in [0.1, 0.15) is 0 Å². The number of rotatable bonds is 6. The number of aryl methyl sites for hydroxylation is 1. The lowest BCUT2D eigenvalue weighted by atomic mass is 10.1. The molecule has 1 aromatic rings. The van der Waals surface area contributed by atoms with E-state index in [0.29, 0.717) is 18.7 Å². The topological polar surface area (TPSA) is 29.5 Å². The van der Waals surface area contributed by atoms with E-state index in [1.165, 1.54) is 12.8 Å². The van der Waals surface area contributed by atoms with Gasteiger partial charge in [-0.15, -0.1) is 0 Å². The highest BCUT2D eigenvalue weighted by Crippen LogP contribution is 2.28. The molecule has 1 aliphatic rings. The van der Waals surface area contributed by atoms with Gasteiger partial charge in [0, 0.05) is 24.7 Å². The Kier molecular flexibility index (Phi) is 4.99. The van der Waals surface area contributed by atoms with E-state index in [9.17, 15) is 4.79 Å². The van der Waals surface area contributed by atoms with Crippen LogP contribution in [-0.4, -0.2) is 37.6 Å². The molecule has 0 spiro atoms. The molecular weight excluding hydrogens is 306 g/mol. The van der Waals surface area contributed by atoms with Gasteiger partial charge in [0.05, 0.1) is 12.2 Å². The van der Waals surface area contributed by atoms with Crippen LogP contribution in [0.2, 0.25) is 0 Å². The molecule has 3 nitrogen and oxygen atoms in total. The van der Waals surface area contributed by atoms with E-state index in [4.69, 9.17) is 4.74 Å². The van der Waals surface area contributed by atoms with Crippen molar-refractivity contribution < 1.29 is 9.53 Å². The quantitative estimate of drug-likeness (QED) is 0.751. The summed E-state index contributed by atoms with van der Waals surface area (Å²) in [5, 5.41) is 0. The highest BCUT2D eigenvalue weighted by atomic mass is 79.9. The van der Waals surface area contributed by atoms with Crippen molar-refractivity contribution in [3.63, 3.8) is 0 Å². The van der Waals surface area contributed by atoms with Gasteiger partial charge in [0.15, 0.2) is 0 Å². The third-order valence-electron chi connectivity index (χ3n) is 3.39. The average Bonchev–Trinajstić information content (AvgIpc) is 3.21. The Morgan fingerprint density at radius 1 is 1.47 bits per heavy atom. The molecule has 0 aromatic heterocycles. The summed E-state index contributed by atoms with van der Waals surface area (Å²) in [6.45, 7) is 4.07. The number of benzene rings is 1. The van der Waals surface area contributed by atoms with Gasteiger partial charge in [-0.05, 0) is 53.2 Å². The third kappa shape index (κ3) is 4.05. The van der Waals surface area contributed by atoms with Gasteiger partial charge in [0.2, 0.25) is 0 Å². The van der Waals surface area contributed by atoms with Crippen LogP contribution in [0.15, 0.2) is 22.7 Å². The number of hydrogen-bond donors (Lipinski definition) is 0. The lowest BCUT2D eigenvalue weighted by molar-refractivity contribution is 0.0680. The predicted molar refractivity (Wildman–Crippen MR) is 79.4 cm³/mol. The summed E-state index contributed by atoms with van der Waals surface area (Å²) >= 11 is 3.48. The third-order valence-corrected chi connectivity index (χ3v) is 4.44. The first-order chi connectivity index (χ1) is 9.09. The first kappa shape index (κ1) is 14.5. The normalized spacial score (nSPS) is 14.5. The van der Waals surface area contributed by atoms with Crippen LogP contribution in [0.4, 0.5) is 0 Å². The maximum Gasteiger partial charge on any atom is 0.254 e. The molecule has 1 aromatic carbocycles. The van der Waals surface area contributed by atoms with Crippen LogP contribution >= 0.6 is 15.9 Å². The van der Waals surface area contributed by atoms with E-state index in [-0.39, 0.29) is 5.91 Å². The summed E-state index contributed by atoms with van der Waals surface area (Å²) in [4.78, 5) is 14.0. The average molecular weight is 326 g/mol. The summed E-state index contributed by atoms with van der Waals surface area (Å²) in [7, 11) is 1.82. The second-order valence-electron chi connectivity index (χ2n) is 5.18. The fourth-order valence-corrected chi connectivity index (χ4v) is 2.29. The number of carbonyl (C=O) groups excluding carboxylic acids is 1. The number of carbonyl (C=O) groups is 1. The van der Waals surface area contributed by atoms with Gasteiger partial charge in [-0.3, -0.25) is 4.79 Å². The van der Waals surface area contributed by atoms with Crippen molar-refractivity contribution in [1.82, 2.24) is 4.90 Å². The van der Waals surface area contributed by atoms with Gasteiger partial charge < -0.3 is 9.64 Å². The molecule has 0 heterocycles. The molecule has 4 heteroatoms. The monoisotopic (exact) mass is 325 g/mol. The van der Waals surface area contributed by atoms with Gasteiger partial charge in [-0.2, -0.15) is 0 Å². The van der Waals surface area contributed by atoms with E-state index >= 15 is 0 Å². The Hall–Kier alpha value is -0.870. The molecule has 0 radical (unpaired) electrons. The Bertz CT molecular complexity index is 457. The highest BCUT2D eigenvalue weighted by Gasteiger charge is 2.21. The van der Waals surface area contributed by atoms with Gasteiger partial charge >= 0.3 is 0 Å². The van der Waals surface area contributed by atoms with E-state index in [2.05, 4.69) is 15.9 Å². The second kappa shape index (κ2) is 6.53. The number of likely N-dealkylation sites (N-methyl/N-ethyl adjacent to an activating group) is 1. The highest BCUT2D eigenvalue weighted by molar-refractivity contribution is 9.10. The molecule has 1 fully saturated rings. The van der Waals surface area contributed by atoms with Crippen molar-refractivity contribution in [2.45, 2.75) is 19.8 Å². The zero-order valence-corrected chi connectivity index (χ0v) is 13.1. The summed E-state index contributed by atoms with van der Waals surface area (Å²) in [5.41, 5.74) is 1.79. The number of ether oxygens (including phenoxy) is 1. The number of amides is 1. The molecule has 0 atom stereocenters. The molecule has 0 bridgehead atoms. The summed E-state index contributed by atoms with van der Waals surface area (Å²) in [6, 6.07) is 5.74. The molecule has 104 valence electrons. The second-order valence-corrected chi connectivity index (χ2v) is 5.97. The van der Waals surface area contributed by atoms with Crippen molar-refractivity contribution in [3.8, 4) is 0 Å². The summed E-state index contributed by atoms with van der Waals surface area (Å²) in [5.74, 6) is 0.803. The Labute approximate surface area is 123 Å². The molecule has 0 aliphatic heterocycles. The van der Waals surface area contributed by atoms with E-state index in [1.807, 2.05) is 32.2 Å². The maximum absolute atomic E-state index is 12.3. The van der Waals surface area contributed by atoms with E-state index in [0.717, 1.165) is 22.6 Å². The minimum Gasteiger partial charge on any atom is -0.379 e. The van der Waals surface area contributed by atoms with E-state index in [1.54, 1.807) is 4.90 Å². The Morgan fingerprint density at radius 3 is 2.89 bits per heavy atom. The molecular formula is C15H20BrNO2. The largest absolute Gasteiger partial charge is 0.379 e. The van der Waals surface area contributed by atoms with Crippen LogP contribution in [0, 0.1) is 12.8 Å². The smallest absolute Gasteiger partial charge is 0.254 e. The molecule has 19 heavy (non-hydrogen) atoms. The van der Waals surface area contributed by atoms with Crippen LogP contribution < -0.4 is 0 Å². The van der Waals surface area contributed by atoms with Gasteiger partial charge in [-0.25, -0.2) is 0 Å². The number of nitrogens with zero attached hydrogens (tertiary/aromatic N) is 1. The maximum atomic E-state index is 12.3. The van der Waals surface area contributed by atoms with E-state index < -0.39 is 0 Å². The molecule has 0 saturated heterocycles. The van der Waals surface area contributed by atoms with Crippen molar-refractivity contribution in [1.29, 1.82) is 0 Å². The lowest BCUT2D eigenvalue weighted by Crippen LogP contribution is -2.30. The fourth-order valence-electron chi connectivity index (χ4n) is 1.86. The SMILES string of the molecule is Cc1cccc(C(=O)N(C)CCOCC2CC2)c1Br. The zero-order valence-electron chi connectivity index (χ0n) is 11.5. The zero-order chi connectivity index (χ0) is 13.8. The predicted octanol–water partition coefficient (Wildman–Crippen LogP) is 3.26. The molecule has 0 unspecified atom stereocenters. The van der Waals surface area contributed by atoms with Crippen LogP contribution in [0.3, 0.4) is 0 Å². The first-order valence-electron chi connectivity index (χ1n) is 6.68. The van der Waals surface area contributed by atoms with Crippen molar-refractivity contribution >= 4 is 21.8 Å². The summed E-state index contributed by atoms with van der Waals surface area (Å²) < 4.78 is 6.44. The minimum atomic E-state index is 0.0330. The number of halogens is 1. The molecule has 1 saturated carbocycles. The van der Waals surface area contributed by atoms with Crippen LogP contribution in [-0.2, 0) is 4.74 Å². The van der Waals surface area contributed by atoms with Crippen LogP contribution in [0.5, 0.6) is 0 Å². The minimum absolute atomic E-state index is 0.0330. The van der Waals surface area contributed by atoms with Crippen molar-refractivity contribution in [3.05, 3.63) is 33.8 Å². The van der Waals surface area contributed by atoms with Gasteiger partial charge in [0.25, 0.3) is 5.91 Å². The van der Waals surface area contributed by atoms with Crippen molar-refractivity contribution in [2.75, 3.05) is 26.8 Å².